The number of furan rings is 1. The third kappa shape index (κ3) is 6.13. The molecule has 2 fully saturated rings. The van der Waals surface area contributed by atoms with Crippen LogP contribution in [0.3, 0.4) is 0 Å². The Bertz CT molecular complexity index is 530. The molecule has 3 heterocycles. The summed E-state index contributed by atoms with van der Waals surface area (Å²) in [6.07, 6.45) is 5.58. The van der Waals surface area contributed by atoms with E-state index in [0.29, 0.717) is 5.92 Å². The van der Waals surface area contributed by atoms with Crippen molar-refractivity contribution >= 4 is 29.9 Å². The van der Waals surface area contributed by atoms with Crippen LogP contribution in [0.4, 0.5) is 0 Å². The second kappa shape index (κ2) is 11.1. The number of rotatable bonds is 7. The van der Waals surface area contributed by atoms with Gasteiger partial charge in [0.2, 0.25) is 0 Å². The molecule has 0 spiro atoms. The predicted molar refractivity (Wildman–Crippen MR) is 117 cm³/mol. The lowest BCUT2D eigenvalue weighted by Gasteiger charge is -2.25. The van der Waals surface area contributed by atoms with E-state index in [9.17, 15) is 0 Å². The first-order chi connectivity index (χ1) is 12.3. The monoisotopic (exact) mass is 475 g/mol. The first-order valence-electron chi connectivity index (χ1n) is 9.74. The number of likely N-dealkylation sites (tertiary alicyclic amines) is 2. The van der Waals surface area contributed by atoms with Gasteiger partial charge in [-0.3, -0.25) is 9.89 Å². The normalized spacial score (nSPS) is 23.0. The minimum atomic E-state index is 0. The molecule has 2 aliphatic heterocycles. The standard InChI is InChI=1S/C19H33N5O.HI/c1-3-20-19(21-13-16-8-11-23(2)15-16)22-14-17(18-7-6-12-25-18)24-9-4-5-10-24;/h6-7,12,16-17H,3-5,8-11,13-15H2,1-2H3,(H2,20,21,22);1H. The lowest BCUT2D eigenvalue weighted by atomic mass is 10.1. The van der Waals surface area contributed by atoms with Crippen LogP contribution in [0.5, 0.6) is 0 Å². The molecule has 26 heavy (non-hydrogen) atoms. The number of guanidine groups is 1. The van der Waals surface area contributed by atoms with E-state index in [1.54, 1.807) is 6.26 Å². The van der Waals surface area contributed by atoms with Crippen LogP contribution in [0.2, 0.25) is 0 Å². The van der Waals surface area contributed by atoms with E-state index in [1.165, 1.54) is 32.4 Å². The van der Waals surface area contributed by atoms with Crippen molar-refractivity contribution in [2.75, 3.05) is 52.9 Å². The number of hydrogen-bond donors (Lipinski definition) is 2. The molecule has 7 heteroatoms. The highest BCUT2D eigenvalue weighted by molar-refractivity contribution is 14.0. The second-order valence-corrected chi connectivity index (χ2v) is 7.29. The third-order valence-electron chi connectivity index (χ3n) is 5.27. The van der Waals surface area contributed by atoms with Crippen molar-refractivity contribution in [3.63, 3.8) is 0 Å². The smallest absolute Gasteiger partial charge is 0.191 e. The molecule has 1 aromatic rings. The quantitative estimate of drug-likeness (QED) is 0.361. The van der Waals surface area contributed by atoms with E-state index in [0.717, 1.165) is 44.4 Å². The van der Waals surface area contributed by atoms with Crippen LogP contribution in [0, 0.1) is 5.92 Å². The highest BCUT2D eigenvalue weighted by atomic mass is 127. The Labute approximate surface area is 174 Å². The number of halogens is 1. The zero-order valence-electron chi connectivity index (χ0n) is 16.1. The van der Waals surface area contributed by atoms with Crippen molar-refractivity contribution in [1.29, 1.82) is 0 Å². The molecule has 3 rings (SSSR count). The summed E-state index contributed by atoms with van der Waals surface area (Å²) in [7, 11) is 2.20. The van der Waals surface area contributed by atoms with E-state index in [1.807, 2.05) is 6.07 Å². The van der Waals surface area contributed by atoms with Crippen LogP contribution in [0.25, 0.3) is 0 Å². The van der Waals surface area contributed by atoms with Crippen LogP contribution < -0.4 is 10.6 Å². The van der Waals surface area contributed by atoms with Gasteiger partial charge in [0.15, 0.2) is 5.96 Å². The zero-order chi connectivity index (χ0) is 17.5. The maximum absolute atomic E-state index is 5.70. The number of hydrogen-bond acceptors (Lipinski definition) is 4. The van der Waals surface area contributed by atoms with Gasteiger partial charge in [-0.2, -0.15) is 0 Å². The molecule has 0 saturated carbocycles. The maximum atomic E-state index is 5.70. The SMILES string of the molecule is CCNC(=NCC(c1ccco1)N1CCCC1)NCC1CCN(C)C1.I. The first kappa shape index (κ1) is 21.5. The summed E-state index contributed by atoms with van der Waals surface area (Å²) in [5, 5.41) is 6.92. The van der Waals surface area contributed by atoms with E-state index in [4.69, 9.17) is 9.41 Å². The highest BCUT2D eigenvalue weighted by Crippen LogP contribution is 2.25. The molecule has 0 aromatic carbocycles. The molecule has 0 bridgehead atoms. The zero-order valence-corrected chi connectivity index (χ0v) is 18.4. The van der Waals surface area contributed by atoms with Gasteiger partial charge in [0.25, 0.3) is 0 Å². The van der Waals surface area contributed by atoms with E-state index in [2.05, 4.69) is 40.5 Å². The van der Waals surface area contributed by atoms with Crippen molar-refractivity contribution in [2.45, 2.75) is 32.2 Å². The minimum absolute atomic E-state index is 0. The van der Waals surface area contributed by atoms with Gasteiger partial charge in [-0.15, -0.1) is 24.0 Å². The van der Waals surface area contributed by atoms with Crippen LogP contribution in [0.1, 0.15) is 38.0 Å². The van der Waals surface area contributed by atoms with E-state index >= 15 is 0 Å². The molecular formula is C19H34IN5O. The number of aliphatic imine (C=N–C) groups is 1. The maximum Gasteiger partial charge on any atom is 0.191 e. The fraction of sp³-hybridized carbons (Fsp3) is 0.737. The topological polar surface area (TPSA) is 56.0 Å². The average molecular weight is 475 g/mol. The Balaban J connectivity index is 0.00000243. The molecule has 2 saturated heterocycles. The van der Waals surface area contributed by atoms with Crippen molar-refractivity contribution in [1.82, 2.24) is 20.4 Å². The summed E-state index contributed by atoms with van der Waals surface area (Å²) < 4.78 is 5.70. The lowest BCUT2D eigenvalue weighted by molar-refractivity contribution is 0.221. The largest absolute Gasteiger partial charge is 0.468 e. The summed E-state index contributed by atoms with van der Waals surface area (Å²) in [6.45, 7) is 9.37. The Morgan fingerprint density at radius 1 is 1.31 bits per heavy atom. The molecule has 6 nitrogen and oxygen atoms in total. The van der Waals surface area contributed by atoms with Gasteiger partial charge < -0.3 is 20.0 Å². The van der Waals surface area contributed by atoms with Gasteiger partial charge >= 0.3 is 0 Å². The predicted octanol–water partition coefficient (Wildman–Crippen LogP) is 2.54. The molecular weight excluding hydrogens is 441 g/mol. The molecule has 2 unspecified atom stereocenters. The van der Waals surface area contributed by atoms with E-state index < -0.39 is 0 Å². The molecule has 0 aliphatic carbocycles. The Morgan fingerprint density at radius 2 is 2.12 bits per heavy atom. The van der Waals surface area contributed by atoms with Gasteiger partial charge in [0.1, 0.15) is 5.76 Å². The second-order valence-electron chi connectivity index (χ2n) is 7.29. The van der Waals surface area contributed by atoms with Crippen LogP contribution >= 0.6 is 24.0 Å². The van der Waals surface area contributed by atoms with Crippen molar-refractivity contribution in [3.8, 4) is 0 Å². The lowest BCUT2D eigenvalue weighted by Crippen LogP contribution is -2.41. The number of nitrogens with zero attached hydrogens (tertiary/aromatic N) is 3. The minimum Gasteiger partial charge on any atom is -0.468 e. The number of nitrogens with one attached hydrogen (secondary N) is 2. The summed E-state index contributed by atoms with van der Waals surface area (Å²) >= 11 is 0. The fourth-order valence-electron chi connectivity index (χ4n) is 3.87. The van der Waals surface area contributed by atoms with Gasteiger partial charge in [-0.05, 0) is 70.9 Å². The van der Waals surface area contributed by atoms with Gasteiger partial charge in [0.05, 0.1) is 18.8 Å². The van der Waals surface area contributed by atoms with Crippen LogP contribution in [-0.2, 0) is 0 Å². The average Bonchev–Trinajstić information content (AvgIpc) is 3.36. The highest BCUT2D eigenvalue weighted by Gasteiger charge is 2.25. The summed E-state index contributed by atoms with van der Waals surface area (Å²) in [4.78, 5) is 9.77. The molecule has 1 aromatic heterocycles. The van der Waals surface area contributed by atoms with Gasteiger partial charge in [-0.1, -0.05) is 0 Å². The summed E-state index contributed by atoms with van der Waals surface area (Å²) in [5.41, 5.74) is 0. The van der Waals surface area contributed by atoms with Crippen molar-refractivity contribution in [3.05, 3.63) is 24.2 Å². The van der Waals surface area contributed by atoms with Crippen molar-refractivity contribution < 1.29 is 4.42 Å². The van der Waals surface area contributed by atoms with Gasteiger partial charge in [-0.25, -0.2) is 0 Å². The summed E-state index contributed by atoms with van der Waals surface area (Å²) in [6, 6.07) is 4.29. The Hall–Kier alpha value is -0.800. The van der Waals surface area contributed by atoms with Crippen LogP contribution in [0.15, 0.2) is 27.8 Å². The third-order valence-corrected chi connectivity index (χ3v) is 5.27. The summed E-state index contributed by atoms with van der Waals surface area (Å²) in [5.74, 6) is 2.67. The molecule has 2 N–H and O–H groups in total. The molecule has 0 radical (unpaired) electrons. The van der Waals surface area contributed by atoms with Crippen molar-refractivity contribution in [2.24, 2.45) is 10.9 Å². The van der Waals surface area contributed by atoms with E-state index in [-0.39, 0.29) is 30.0 Å². The Kier molecular flexibility index (Phi) is 9.21. The molecule has 2 aliphatic rings. The Morgan fingerprint density at radius 3 is 2.73 bits per heavy atom. The first-order valence-corrected chi connectivity index (χ1v) is 9.74. The molecule has 2 atom stereocenters. The fourth-order valence-corrected chi connectivity index (χ4v) is 3.87. The van der Waals surface area contributed by atoms with Gasteiger partial charge in [0, 0.05) is 19.6 Å². The van der Waals surface area contributed by atoms with Crippen LogP contribution in [-0.4, -0.2) is 68.6 Å². The molecule has 0 amide bonds. The molecule has 148 valence electrons.